The molecule has 6 nitrogen and oxygen atoms in total. The van der Waals surface area contributed by atoms with E-state index in [0.717, 1.165) is 27.8 Å². The summed E-state index contributed by atoms with van der Waals surface area (Å²) >= 11 is 0. The number of aryl methyl sites for hydroxylation is 2. The molecule has 0 spiro atoms. The van der Waals surface area contributed by atoms with E-state index in [1.807, 2.05) is 75.9 Å². The zero-order valence-corrected chi connectivity index (χ0v) is 21.7. The standard InChI is InChI=1S/C27H36N2O4S/c1-18-15-19(2)22(5)26(21(18)4)34(31,32)29-13-11-24(12-14-29)27(30)28-16-20(3)33-25(17-28)23-9-7-6-8-10-23/h6-10,15,20,24-25H,11-14,16-17H2,1-5H3. The molecule has 0 aliphatic carbocycles. The summed E-state index contributed by atoms with van der Waals surface area (Å²) < 4.78 is 34.8. The third kappa shape index (κ3) is 4.79. The van der Waals surface area contributed by atoms with Crippen molar-refractivity contribution in [2.45, 2.75) is 64.6 Å². The number of benzene rings is 2. The summed E-state index contributed by atoms with van der Waals surface area (Å²) in [5, 5.41) is 0. The smallest absolute Gasteiger partial charge is 0.243 e. The maximum atomic E-state index is 13.6. The first-order chi connectivity index (χ1) is 16.1. The van der Waals surface area contributed by atoms with Crippen molar-refractivity contribution in [3.63, 3.8) is 0 Å². The Morgan fingerprint density at radius 1 is 0.941 bits per heavy atom. The maximum Gasteiger partial charge on any atom is 0.243 e. The molecule has 0 aromatic heterocycles. The molecule has 2 aromatic rings. The molecule has 2 heterocycles. The maximum absolute atomic E-state index is 13.6. The number of piperidine rings is 1. The molecule has 0 radical (unpaired) electrons. The SMILES string of the molecule is Cc1cc(C)c(C)c(S(=O)(=O)N2CCC(C(=O)N3CC(C)OC(c4ccccc4)C3)CC2)c1C. The molecule has 2 atom stereocenters. The fourth-order valence-corrected chi connectivity index (χ4v) is 7.33. The van der Waals surface area contributed by atoms with Crippen molar-refractivity contribution in [3.8, 4) is 0 Å². The van der Waals surface area contributed by atoms with Crippen molar-refractivity contribution in [1.29, 1.82) is 0 Å². The fourth-order valence-electron chi connectivity index (χ4n) is 5.28. The number of hydrogen-bond acceptors (Lipinski definition) is 4. The van der Waals surface area contributed by atoms with Crippen LogP contribution in [0.25, 0.3) is 0 Å². The van der Waals surface area contributed by atoms with Gasteiger partial charge in [0.2, 0.25) is 15.9 Å². The number of sulfonamides is 1. The highest BCUT2D eigenvalue weighted by molar-refractivity contribution is 7.89. The van der Waals surface area contributed by atoms with Crippen molar-refractivity contribution < 1.29 is 17.9 Å². The molecule has 2 unspecified atom stereocenters. The summed E-state index contributed by atoms with van der Waals surface area (Å²) in [4.78, 5) is 15.8. The van der Waals surface area contributed by atoms with Crippen LogP contribution < -0.4 is 0 Å². The molecule has 2 fully saturated rings. The molecule has 2 aromatic carbocycles. The van der Waals surface area contributed by atoms with Crippen molar-refractivity contribution in [2.24, 2.45) is 5.92 Å². The molecular formula is C27H36N2O4S. The molecule has 7 heteroatoms. The molecule has 184 valence electrons. The minimum Gasteiger partial charge on any atom is -0.367 e. The van der Waals surface area contributed by atoms with Crippen LogP contribution in [-0.2, 0) is 19.6 Å². The quantitative estimate of drug-likeness (QED) is 0.649. The van der Waals surface area contributed by atoms with Gasteiger partial charge in [0.15, 0.2) is 0 Å². The molecule has 2 aliphatic heterocycles. The zero-order valence-electron chi connectivity index (χ0n) is 20.9. The molecule has 4 rings (SSSR count). The minimum absolute atomic E-state index is 0.0427. The average molecular weight is 485 g/mol. The molecule has 2 aliphatic rings. The third-order valence-electron chi connectivity index (χ3n) is 7.44. The van der Waals surface area contributed by atoms with E-state index < -0.39 is 10.0 Å². The van der Waals surface area contributed by atoms with Crippen LogP contribution in [0.3, 0.4) is 0 Å². The van der Waals surface area contributed by atoms with Crippen molar-refractivity contribution in [2.75, 3.05) is 26.2 Å². The predicted octanol–water partition coefficient (Wildman–Crippen LogP) is 4.31. The van der Waals surface area contributed by atoms with E-state index in [9.17, 15) is 13.2 Å². The van der Waals surface area contributed by atoms with Crippen molar-refractivity contribution in [3.05, 3.63) is 64.2 Å². The summed E-state index contributed by atoms with van der Waals surface area (Å²) in [6.45, 7) is 11.5. The molecule has 1 amide bonds. The van der Waals surface area contributed by atoms with E-state index in [2.05, 4.69) is 0 Å². The highest BCUT2D eigenvalue weighted by atomic mass is 32.2. The molecule has 34 heavy (non-hydrogen) atoms. The summed E-state index contributed by atoms with van der Waals surface area (Å²) in [6, 6.07) is 12.1. The molecule has 0 N–H and O–H groups in total. The van der Waals surface area contributed by atoms with Crippen LogP contribution in [0.5, 0.6) is 0 Å². The Balaban J connectivity index is 1.45. The van der Waals surface area contributed by atoms with Gasteiger partial charge in [-0.15, -0.1) is 0 Å². The van der Waals surface area contributed by atoms with Gasteiger partial charge >= 0.3 is 0 Å². The number of ether oxygens (including phenoxy) is 1. The minimum atomic E-state index is -3.61. The number of carbonyl (C=O) groups excluding carboxylic acids is 1. The Hall–Kier alpha value is -2.22. The fraction of sp³-hybridized carbons (Fsp3) is 0.519. The first kappa shape index (κ1) is 24.9. The van der Waals surface area contributed by atoms with Gasteiger partial charge in [-0.05, 0) is 75.3 Å². The lowest BCUT2D eigenvalue weighted by Gasteiger charge is -2.40. The van der Waals surface area contributed by atoms with E-state index in [1.165, 1.54) is 0 Å². The van der Waals surface area contributed by atoms with Gasteiger partial charge < -0.3 is 9.64 Å². The number of rotatable bonds is 4. The normalized spacial score (nSPS) is 22.7. The Morgan fingerprint density at radius 3 is 2.12 bits per heavy atom. The second-order valence-electron chi connectivity index (χ2n) is 9.86. The topological polar surface area (TPSA) is 66.9 Å². The summed E-state index contributed by atoms with van der Waals surface area (Å²) in [6.07, 6.45) is 0.912. The van der Waals surface area contributed by atoms with E-state index in [0.29, 0.717) is 43.9 Å². The average Bonchev–Trinajstić information content (AvgIpc) is 2.82. The number of morpholine rings is 1. The van der Waals surface area contributed by atoms with Crippen LogP contribution in [0, 0.1) is 33.6 Å². The highest BCUT2D eigenvalue weighted by Gasteiger charge is 2.37. The summed E-state index contributed by atoms with van der Waals surface area (Å²) in [7, 11) is -3.61. The van der Waals surface area contributed by atoms with Crippen molar-refractivity contribution in [1.82, 2.24) is 9.21 Å². The van der Waals surface area contributed by atoms with Crippen LogP contribution in [0.2, 0.25) is 0 Å². The monoisotopic (exact) mass is 484 g/mol. The molecule has 0 saturated carbocycles. The molecular weight excluding hydrogens is 448 g/mol. The highest BCUT2D eigenvalue weighted by Crippen LogP contribution is 2.32. The number of carbonyl (C=O) groups is 1. The summed E-state index contributed by atoms with van der Waals surface area (Å²) in [5.41, 5.74) is 4.68. The number of hydrogen-bond donors (Lipinski definition) is 0. The largest absolute Gasteiger partial charge is 0.367 e. The van der Waals surface area contributed by atoms with Gasteiger partial charge in [-0.3, -0.25) is 4.79 Å². The third-order valence-corrected chi connectivity index (χ3v) is 9.61. The number of nitrogens with zero attached hydrogens (tertiary/aromatic N) is 2. The van der Waals surface area contributed by atoms with Crippen LogP contribution in [-0.4, -0.2) is 55.8 Å². The van der Waals surface area contributed by atoms with Gasteiger partial charge in [0.05, 0.1) is 17.5 Å². The van der Waals surface area contributed by atoms with E-state index >= 15 is 0 Å². The van der Waals surface area contributed by atoms with Gasteiger partial charge in [-0.25, -0.2) is 8.42 Å². The van der Waals surface area contributed by atoms with Crippen LogP contribution in [0.4, 0.5) is 0 Å². The Bertz CT molecular complexity index is 1130. The first-order valence-electron chi connectivity index (χ1n) is 12.2. The zero-order chi connectivity index (χ0) is 24.6. The van der Waals surface area contributed by atoms with Gasteiger partial charge in [-0.2, -0.15) is 4.31 Å². The van der Waals surface area contributed by atoms with Crippen molar-refractivity contribution >= 4 is 15.9 Å². The van der Waals surface area contributed by atoms with E-state index in [1.54, 1.807) is 4.31 Å². The lowest BCUT2D eigenvalue weighted by molar-refractivity contribution is -0.150. The first-order valence-corrected chi connectivity index (χ1v) is 13.6. The second kappa shape index (κ2) is 9.80. The van der Waals surface area contributed by atoms with Gasteiger partial charge in [0.1, 0.15) is 6.10 Å². The van der Waals surface area contributed by atoms with E-state index in [4.69, 9.17) is 4.74 Å². The number of amides is 1. The Labute approximate surface area is 204 Å². The van der Waals surface area contributed by atoms with Crippen LogP contribution >= 0.6 is 0 Å². The van der Waals surface area contributed by atoms with Gasteiger partial charge in [-0.1, -0.05) is 36.4 Å². The lowest BCUT2D eigenvalue weighted by Crippen LogP contribution is -2.50. The van der Waals surface area contributed by atoms with Gasteiger partial charge in [0.25, 0.3) is 0 Å². The molecule has 0 bridgehead atoms. The predicted molar refractivity (Wildman–Crippen MR) is 133 cm³/mol. The van der Waals surface area contributed by atoms with Crippen LogP contribution in [0.15, 0.2) is 41.3 Å². The van der Waals surface area contributed by atoms with Gasteiger partial charge in [0, 0.05) is 25.6 Å². The Kier molecular flexibility index (Phi) is 7.17. The lowest BCUT2D eigenvalue weighted by atomic mass is 9.95. The summed E-state index contributed by atoms with van der Waals surface area (Å²) in [5.74, 6) is -0.0403. The Morgan fingerprint density at radius 2 is 1.53 bits per heavy atom. The molecule has 2 saturated heterocycles. The van der Waals surface area contributed by atoms with Crippen LogP contribution in [0.1, 0.15) is 53.7 Å². The van der Waals surface area contributed by atoms with E-state index in [-0.39, 0.29) is 24.0 Å². The second-order valence-corrected chi connectivity index (χ2v) is 11.7.